The summed E-state index contributed by atoms with van der Waals surface area (Å²) < 4.78 is 1.97. The molecule has 3 N–H and O–H groups in total. The molecule has 19 heavy (non-hydrogen) atoms. The molecular weight excluding hydrogens is 242 g/mol. The van der Waals surface area contributed by atoms with Crippen molar-refractivity contribution in [3.05, 3.63) is 24.3 Å². The Labute approximate surface area is 115 Å². The molecule has 1 aromatic rings. The molecule has 0 heterocycles. The highest BCUT2D eigenvalue weighted by atomic mass is 16.7. The summed E-state index contributed by atoms with van der Waals surface area (Å²) in [6, 6.07) is 7.91. The van der Waals surface area contributed by atoms with E-state index in [9.17, 15) is 0 Å². The van der Waals surface area contributed by atoms with Crippen molar-refractivity contribution in [1.29, 1.82) is 0 Å². The fourth-order valence-corrected chi connectivity index (χ4v) is 2.03. The first kappa shape index (κ1) is 15.4. The largest absolute Gasteiger partial charge is 0.372 e. The minimum Gasteiger partial charge on any atom is -0.268 e. The van der Waals surface area contributed by atoms with Crippen LogP contribution in [0.25, 0.3) is 0 Å². The van der Waals surface area contributed by atoms with Crippen LogP contribution in [0.3, 0.4) is 0 Å². The van der Waals surface area contributed by atoms with Crippen LogP contribution in [-0.2, 0) is 4.84 Å². The van der Waals surface area contributed by atoms with E-state index in [1.165, 1.54) is 0 Å². The van der Waals surface area contributed by atoms with Gasteiger partial charge in [-0.05, 0) is 6.07 Å². The number of hydroxylamine groups is 1. The molecule has 6 nitrogen and oxygen atoms in total. The molecule has 106 valence electrons. The third-order valence-corrected chi connectivity index (χ3v) is 2.86. The van der Waals surface area contributed by atoms with E-state index >= 15 is 0 Å². The zero-order valence-corrected chi connectivity index (χ0v) is 12.6. The minimum absolute atomic E-state index is 0.836. The predicted octanol–water partition coefficient (Wildman–Crippen LogP) is -0.736. The molecule has 6 heteroatoms. The number of guanidine groups is 1. The Morgan fingerprint density at radius 1 is 1.26 bits per heavy atom. The molecule has 0 bridgehead atoms. The highest BCUT2D eigenvalue weighted by Gasteiger charge is 2.27. The summed E-state index contributed by atoms with van der Waals surface area (Å²) in [5, 5.41) is 2.50. The van der Waals surface area contributed by atoms with E-state index in [0.29, 0.717) is 0 Å². The molecule has 0 radical (unpaired) electrons. The third kappa shape index (κ3) is 3.44. The number of nitrogens with zero attached hydrogens (tertiary/aromatic N) is 3. The van der Waals surface area contributed by atoms with Gasteiger partial charge in [-0.3, -0.25) is 9.48 Å². The van der Waals surface area contributed by atoms with E-state index in [1.54, 1.807) is 12.1 Å². The maximum absolute atomic E-state index is 6.28. The van der Waals surface area contributed by atoms with Crippen LogP contribution >= 0.6 is 0 Å². The SMILES string of the molecule is CO[NH+](C)c1ccccc1N(N)C(N(C)C)=[N+](C)C. The van der Waals surface area contributed by atoms with Crippen LogP contribution in [0, 0.1) is 0 Å². The van der Waals surface area contributed by atoms with Crippen LogP contribution in [0.4, 0.5) is 11.4 Å². The molecule has 1 rings (SSSR count). The first-order valence-corrected chi connectivity index (χ1v) is 6.13. The summed E-state index contributed by atoms with van der Waals surface area (Å²) in [6.07, 6.45) is 0. The maximum atomic E-state index is 6.28. The average molecular weight is 267 g/mol. The second kappa shape index (κ2) is 6.51. The van der Waals surface area contributed by atoms with Crippen LogP contribution < -0.4 is 15.9 Å². The fourth-order valence-electron chi connectivity index (χ4n) is 2.03. The van der Waals surface area contributed by atoms with Gasteiger partial charge in [0.25, 0.3) is 0 Å². The van der Waals surface area contributed by atoms with Crippen LogP contribution in [0.1, 0.15) is 0 Å². The van der Waals surface area contributed by atoms with E-state index in [-0.39, 0.29) is 0 Å². The summed E-state index contributed by atoms with van der Waals surface area (Å²) in [7, 11) is 11.4. The topological polar surface area (TPSA) is 49.2 Å². The summed E-state index contributed by atoms with van der Waals surface area (Å²) in [6.45, 7) is 0. The fraction of sp³-hybridized carbons (Fsp3) is 0.462. The Balaban J connectivity index is 3.26. The summed E-state index contributed by atoms with van der Waals surface area (Å²) in [5.41, 5.74) is 1.88. The standard InChI is InChI=1S/C13H24N5O/c1-15(2)13(16(3)4)18(14)12-10-8-7-9-11(12)17(5)19-6/h7-10H,14H2,1-6H3/q+1/p+1. The average Bonchev–Trinajstić information content (AvgIpc) is 2.36. The lowest BCUT2D eigenvalue weighted by Crippen LogP contribution is -3.02. The third-order valence-electron chi connectivity index (χ3n) is 2.86. The van der Waals surface area contributed by atoms with Gasteiger partial charge < -0.3 is 0 Å². The molecule has 1 atom stereocenters. The highest BCUT2D eigenvalue weighted by Crippen LogP contribution is 2.20. The predicted molar refractivity (Wildman–Crippen MR) is 77.5 cm³/mol. The van der Waals surface area contributed by atoms with Gasteiger partial charge in [-0.1, -0.05) is 12.1 Å². The summed E-state index contributed by atoms with van der Waals surface area (Å²) in [5.74, 6) is 7.16. The number of rotatable bonds is 3. The van der Waals surface area contributed by atoms with Crippen LogP contribution in [0.2, 0.25) is 0 Å². The molecule has 0 saturated carbocycles. The van der Waals surface area contributed by atoms with Crippen molar-refractivity contribution in [1.82, 2.24) is 4.90 Å². The van der Waals surface area contributed by atoms with Crippen molar-refractivity contribution in [2.45, 2.75) is 0 Å². The van der Waals surface area contributed by atoms with Gasteiger partial charge in [-0.2, -0.15) is 15.9 Å². The molecule has 1 aromatic carbocycles. The lowest BCUT2D eigenvalue weighted by molar-refractivity contribution is -1.02. The van der Waals surface area contributed by atoms with Gasteiger partial charge in [-0.15, -0.1) is 0 Å². The van der Waals surface area contributed by atoms with E-state index in [4.69, 9.17) is 10.7 Å². The van der Waals surface area contributed by atoms with E-state index in [2.05, 4.69) is 0 Å². The number of nitrogens with two attached hydrogens (primary N) is 1. The van der Waals surface area contributed by atoms with Gasteiger partial charge in [0, 0.05) is 6.07 Å². The van der Waals surface area contributed by atoms with E-state index in [0.717, 1.165) is 22.4 Å². The van der Waals surface area contributed by atoms with Gasteiger partial charge in [0.2, 0.25) is 5.69 Å². The molecule has 0 aliphatic rings. The number of benzene rings is 1. The number of hydrogen-bond acceptors (Lipinski definition) is 2. The zero-order chi connectivity index (χ0) is 14.6. The molecule has 0 aliphatic heterocycles. The normalized spacial score (nSPS) is 11.9. The Hall–Kier alpha value is -1.63. The second-order valence-corrected chi connectivity index (χ2v) is 4.74. The number of nitrogens with one attached hydrogen (secondary N) is 1. The monoisotopic (exact) mass is 267 g/mol. The van der Waals surface area contributed by atoms with Crippen molar-refractivity contribution >= 4 is 17.3 Å². The van der Waals surface area contributed by atoms with Gasteiger partial charge in [0.1, 0.15) is 7.05 Å². The Bertz CT molecular complexity index is 454. The molecule has 0 aromatic heterocycles. The Morgan fingerprint density at radius 3 is 2.32 bits per heavy atom. The van der Waals surface area contributed by atoms with Crippen LogP contribution in [0.15, 0.2) is 24.3 Å². The second-order valence-electron chi connectivity index (χ2n) is 4.74. The molecular formula is C13H25N5O+2. The van der Waals surface area contributed by atoms with Crippen molar-refractivity contribution in [2.75, 3.05) is 47.4 Å². The van der Waals surface area contributed by atoms with E-state index < -0.39 is 0 Å². The molecule has 0 amide bonds. The van der Waals surface area contributed by atoms with Gasteiger partial charge >= 0.3 is 5.96 Å². The molecule has 1 unspecified atom stereocenters. The first-order valence-electron chi connectivity index (χ1n) is 6.13. The number of para-hydroxylation sites is 2. The maximum Gasteiger partial charge on any atom is 0.372 e. The summed E-state index contributed by atoms with van der Waals surface area (Å²) >= 11 is 0. The minimum atomic E-state index is 0.836. The number of hydrazine groups is 1. The number of quaternary nitrogens is 1. The molecule has 0 spiro atoms. The van der Waals surface area contributed by atoms with Gasteiger partial charge in [0.05, 0.1) is 35.3 Å². The highest BCUT2D eigenvalue weighted by molar-refractivity contribution is 5.93. The summed E-state index contributed by atoms with van der Waals surface area (Å²) in [4.78, 5) is 7.30. The van der Waals surface area contributed by atoms with Crippen molar-refractivity contribution < 1.29 is 14.5 Å². The number of anilines is 1. The lowest BCUT2D eigenvalue weighted by atomic mass is 10.2. The first-order chi connectivity index (χ1) is 8.90. The van der Waals surface area contributed by atoms with Crippen molar-refractivity contribution in [3.63, 3.8) is 0 Å². The smallest absolute Gasteiger partial charge is 0.268 e. The van der Waals surface area contributed by atoms with Gasteiger partial charge in [0.15, 0.2) is 5.69 Å². The van der Waals surface area contributed by atoms with Crippen LogP contribution in [0.5, 0.6) is 0 Å². The Kier molecular flexibility index (Phi) is 5.29. The van der Waals surface area contributed by atoms with Gasteiger partial charge in [-0.25, -0.2) is 4.84 Å². The Morgan fingerprint density at radius 2 is 1.84 bits per heavy atom. The molecule has 0 saturated heterocycles. The zero-order valence-electron chi connectivity index (χ0n) is 12.6. The molecule has 0 aliphatic carbocycles. The quantitative estimate of drug-likeness (QED) is 0.249. The number of hydrogen-bond donors (Lipinski definition) is 2. The van der Waals surface area contributed by atoms with Crippen molar-refractivity contribution in [3.8, 4) is 0 Å². The van der Waals surface area contributed by atoms with Crippen LogP contribution in [-0.4, -0.2) is 57.8 Å². The lowest BCUT2D eigenvalue weighted by Gasteiger charge is -2.22. The van der Waals surface area contributed by atoms with E-state index in [1.807, 2.05) is 69.0 Å². The van der Waals surface area contributed by atoms with Crippen molar-refractivity contribution in [2.24, 2.45) is 5.84 Å². The molecule has 0 fully saturated rings.